The Balaban J connectivity index is 1.54. The van der Waals surface area contributed by atoms with E-state index in [4.69, 9.17) is 17.3 Å². The van der Waals surface area contributed by atoms with Gasteiger partial charge in [0, 0.05) is 43.4 Å². The van der Waals surface area contributed by atoms with E-state index in [1.807, 2.05) is 12.1 Å². The fraction of sp³-hybridized carbons (Fsp3) is 0.625. The van der Waals surface area contributed by atoms with Gasteiger partial charge in [-0.25, -0.2) is 0 Å². The summed E-state index contributed by atoms with van der Waals surface area (Å²) in [4.78, 5) is 5.02. The van der Waals surface area contributed by atoms with Crippen molar-refractivity contribution in [3.8, 4) is 0 Å². The van der Waals surface area contributed by atoms with Crippen LogP contribution in [0.4, 0.5) is 5.69 Å². The van der Waals surface area contributed by atoms with E-state index >= 15 is 0 Å². The SMILES string of the molecule is NCC1(CN2CCN(c3cccc(Cl)c3)CC2)CCC1. The summed E-state index contributed by atoms with van der Waals surface area (Å²) < 4.78 is 0. The van der Waals surface area contributed by atoms with Crippen molar-refractivity contribution >= 4 is 17.3 Å². The second kappa shape index (κ2) is 5.92. The Labute approximate surface area is 126 Å². The molecule has 1 aromatic carbocycles. The lowest BCUT2D eigenvalue weighted by atomic mass is 9.68. The molecular formula is C16H24ClN3. The molecule has 0 atom stereocenters. The van der Waals surface area contributed by atoms with E-state index in [0.717, 1.165) is 37.7 Å². The van der Waals surface area contributed by atoms with E-state index in [1.54, 1.807) is 0 Å². The van der Waals surface area contributed by atoms with E-state index in [0.29, 0.717) is 5.41 Å². The first kappa shape index (κ1) is 14.2. The highest BCUT2D eigenvalue weighted by molar-refractivity contribution is 6.30. The first-order valence-corrected chi connectivity index (χ1v) is 8.02. The van der Waals surface area contributed by atoms with Gasteiger partial charge in [0.15, 0.2) is 0 Å². The van der Waals surface area contributed by atoms with Crippen molar-refractivity contribution in [1.29, 1.82) is 0 Å². The summed E-state index contributed by atoms with van der Waals surface area (Å²) in [5.41, 5.74) is 7.64. The molecule has 1 heterocycles. The lowest BCUT2D eigenvalue weighted by molar-refractivity contribution is 0.0718. The molecule has 1 saturated carbocycles. The Bertz CT molecular complexity index is 445. The van der Waals surface area contributed by atoms with Gasteiger partial charge in [0.2, 0.25) is 0 Å². The molecule has 0 bridgehead atoms. The topological polar surface area (TPSA) is 32.5 Å². The number of benzene rings is 1. The maximum atomic E-state index is 6.07. The van der Waals surface area contributed by atoms with Crippen molar-refractivity contribution in [2.24, 2.45) is 11.1 Å². The van der Waals surface area contributed by atoms with Crippen molar-refractivity contribution < 1.29 is 0 Å². The lowest BCUT2D eigenvalue weighted by Gasteiger charge is -2.46. The van der Waals surface area contributed by atoms with Gasteiger partial charge in [-0.2, -0.15) is 0 Å². The number of piperazine rings is 1. The molecule has 2 aliphatic rings. The minimum atomic E-state index is 0.429. The van der Waals surface area contributed by atoms with E-state index in [1.165, 1.54) is 31.5 Å². The molecule has 2 N–H and O–H groups in total. The summed E-state index contributed by atoms with van der Waals surface area (Å²) in [5.74, 6) is 0. The van der Waals surface area contributed by atoms with Crippen molar-refractivity contribution in [1.82, 2.24) is 4.90 Å². The number of rotatable bonds is 4. The zero-order chi connectivity index (χ0) is 14.0. The molecule has 1 aliphatic heterocycles. The summed E-state index contributed by atoms with van der Waals surface area (Å²) in [7, 11) is 0. The van der Waals surface area contributed by atoms with Crippen molar-refractivity contribution in [3.63, 3.8) is 0 Å². The van der Waals surface area contributed by atoms with Crippen LogP contribution in [0.1, 0.15) is 19.3 Å². The molecule has 110 valence electrons. The molecule has 2 fully saturated rings. The van der Waals surface area contributed by atoms with Gasteiger partial charge in [0.05, 0.1) is 0 Å². The highest BCUT2D eigenvalue weighted by Crippen LogP contribution is 2.40. The molecule has 0 spiro atoms. The van der Waals surface area contributed by atoms with Crippen LogP contribution in [0.3, 0.4) is 0 Å². The third-order valence-corrected chi connectivity index (χ3v) is 5.19. The van der Waals surface area contributed by atoms with Gasteiger partial charge < -0.3 is 10.6 Å². The van der Waals surface area contributed by atoms with Crippen LogP contribution in [-0.2, 0) is 0 Å². The van der Waals surface area contributed by atoms with Gasteiger partial charge in [0.25, 0.3) is 0 Å². The molecule has 0 unspecified atom stereocenters. The fourth-order valence-electron chi connectivity index (χ4n) is 3.41. The van der Waals surface area contributed by atoms with Crippen LogP contribution in [-0.4, -0.2) is 44.2 Å². The van der Waals surface area contributed by atoms with Crippen molar-refractivity contribution in [3.05, 3.63) is 29.3 Å². The van der Waals surface area contributed by atoms with E-state index in [2.05, 4.69) is 21.9 Å². The number of hydrogen-bond donors (Lipinski definition) is 1. The summed E-state index contributed by atoms with van der Waals surface area (Å²) >= 11 is 6.07. The van der Waals surface area contributed by atoms with Gasteiger partial charge in [0.1, 0.15) is 0 Å². The average Bonchev–Trinajstić information content (AvgIpc) is 2.44. The van der Waals surface area contributed by atoms with Crippen LogP contribution < -0.4 is 10.6 Å². The van der Waals surface area contributed by atoms with Crippen molar-refractivity contribution in [2.45, 2.75) is 19.3 Å². The average molecular weight is 294 g/mol. The van der Waals surface area contributed by atoms with Gasteiger partial charge in [-0.1, -0.05) is 24.1 Å². The summed E-state index contributed by atoms with van der Waals surface area (Å²) in [6, 6.07) is 8.17. The van der Waals surface area contributed by atoms with Crippen LogP contribution in [0, 0.1) is 5.41 Å². The van der Waals surface area contributed by atoms with Gasteiger partial charge in [-0.15, -0.1) is 0 Å². The Morgan fingerprint density at radius 2 is 1.90 bits per heavy atom. The van der Waals surface area contributed by atoms with Crippen LogP contribution in [0.25, 0.3) is 0 Å². The van der Waals surface area contributed by atoms with Gasteiger partial charge in [-0.05, 0) is 43.0 Å². The number of hydrogen-bond acceptors (Lipinski definition) is 3. The van der Waals surface area contributed by atoms with Crippen LogP contribution >= 0.6 is 11.6 Å². The molecular weight excluding hydrogens is 270 g/mol. The third-order valence-electron chi connectivity index (χ3n) is 4.95. The monoisotopic (exact) mass is 293 g/mol. The van der Waals surface area contributed by atoms with E-state index in [-0.39, 0.29) is 0 Å². The largest absolute Gasteiger partial charge is 0.369 e. The molecule has 1 aromatic rings. The standard InChI is InChI=1S/C16H24ClN3/c17-14-3-1-4-15(11-14)20-9-7-19(8-10-20)13-16(12-18)5-2-6-16/h1,3-4,11H,2,5-10,12-13,18H2. The first-order valence-electron chi connectivity index (χ1n) is 7.64. The molecule has 3 nitrogen and oxygen atoms in total. The number of nitrogens with zero attached hydrogens (tertiary/aromatic N) is 2. The van der Waals surface area contributed by atoms with Crippen LogP contribution in [0.2, 0.25) is 5.02 Å². The quantitative estimate of drug-likeness (QED) is 0.926. The predicted octanol–water partition coefficient (Wildman–Crippen LogP) is 2.59. The number of halogens is 1. The molecule has 20 heavy (non-hydrogen) atoms. The highest BCUT2D eigenvalue weighted by Gasteiger charge is 2.37. The minimum absolute atomic E-state index is 0.429. The maximum absolute atomic E-state index is 6.07. The molecule has 4 heteroatoms. The van der Waals surface area contributed by atoms with Crippen LogP contribution in [0.5, 0.6) is 0 Å². The Morgan fingerprint density at radius 1 is 1.15 bits per heavy atom. The van der Waals surface area contributed by atoms with Crippen molar-refractivity contribution in [2.75, 3.05) is 44.2 Å². The fourth-order valence-corrected chi connectivity index (χ4v) is 3.60. The van der Waals surface area contributed by atoms with Crippen LogP contribution in [0.15, 0.2) is 24.3 Å². The summed E-state index contributed by atoms with van der Waals surface area (Å²) in [6.07, 6.45) is 4.00. The zero-order valence-corrected chi connectivity index (χ0v) is 12.8. The Kier molecular flexibility index (Phi) is 4.20. The zero-order valence-electron chi connectivity index (χ0n) is 12.0. The summed E-state index contributed by atoms with van der Waals surface area (Å²) in [6.45, 7) is 6.47. The Morgan fingerprint density at radius 3 is 2.45 bits per heavy atom. The smallest absolute Gasteiger partial charge is 0.0426 e. The number of anilines is 1. The normalized spacial score (nSPS) is 22.6. The minimum Gasteiger partial charge on any atom is -0.369 e. The highest BCUT2D eigenvalue weighted by atomic mass is 35.5. The molecule has 0 amide bonds. The molecule has 0 aromatic heterocycles. The Hall–Kier alpha value is -0.770. The predicted molar refractivity (Wildman–Crippen MR) is 85.4 cm³/mol. The second-order valence-corrected chi connectivity index (χ2v) is 6.74. The first-order chi connectivity index (χ1) is 9.71. The van der Waals surface area contributed by atoms with Gasteiger partial charge >= 0.3 is 0 Å². The second-order valence-electron chi connectivity index (χ2n) is 6.30. The molecule has 1 aliphatic carbocycles. The molecule has 3 rings (SSSR count). The van der Waals surface area contributed by atoms with Gasteiger partial charge in [-0.3, -0.25) is 4.90 Å². The molecule has 0 radical (unpaired) electrons. The third kappa shape index (κ3) is 2.95. The van der Waals surface area contributed by atoms with E-state index < -0.39 is 0 Å². The van der Waals surface area contributed by atoms with E-state index in [9.17, 15) is 0 Å². The maximum Gasteiger partial charge on any atom is 0.0426 e. The lowest BCUT2D eigenvalue weighted by Crippen LogP contribution is -2.53. The number of nitrogens with two attached hydrogens (primary N) is 1. The molecule has 1 saturated heterocycles. The summed E-state index contributed by atoms with van der Waals surface area (Å²) in [5, 5.41) is 0.821.